The van der Waals surface area contributed by atoms with Crippen LogP contribution in [0.15, 0.2) is 53.1 Å². The molecule has 0 aliphatic carbocycles. The van der Waals surface area contributed by atoms with Crippen LogP contribution in [-0.4, -0.2) is 31.3 Å². The first-order chi connectivity index (χ1) is 14.4. The van der Waals surface area contributed by atoms with Crippen molar-refractivity contribution in [3.05, 3.63) is 60.0 Å². The molecule has 2 N–H and O–H groups in total. The molecule has 0 aliphatic heterocycles. The summed E-state index contributed by atoms with van der Waals surface area (Å²) in [4.78, 5) is 16.5. The van der Waals surface area contributed by atoms with E-state index in [1.807, 2.05) is 31.2 Å². The number of carbonyl (C=O) groups excluding carboxylic acids is 1. The van der Waals surface area contributed by atoms with Crippen LogP contribution in [0.25, 0.3) is 11.5 Å². The van der Waals surface area contributed by atoms with Crippen LogP contribution in [0.1, 0.15) is 11.3 Å². The summed E-state index contributed by atoms with van der Waals surface area (Å²) in [5.74, 6) is 0.479. The minimum atomic E-state index is -3.00. The molecule has 0 radical (unpaired) electrons. The Balaban J connectivity index is 1.51. The zero-order chi connectivity index (χ0) is 21.5. The molecule has 0 bridgehead atoms. The van der Waals surface area contributed by atoms with Crippen molar-refractivity contribution in [3.8, 4) is 23.0 Å². The molecule has 1 heterocycles. The van der Waals surface area contributed by atoms with Gasteiger partial charge in [0.25, 0.3) is 0 Å². The van der Waals surface area contributed by atoms with Crippen molar-refractivity contribution >= 4 is 11.7 Å². The first-order valence-electron chi connectivity index (χ1n) is 9.13. The van der Waals surface area contributed by atoms with Crippen molar-refractivity contribution in [1.82, 2.24) is 10.3 Å². The molecule has 2 amide bonds. The van der Waals surface area contributed by atoms with E-state index in [4.69, 9.17) is 9.15 Å². The number of aromatic nitrogens is 1. The molecule has 3 aromatic rings. The Morgan fingerprint density at radius 1 is 1.17 bits per heavy atom. The number of urea groups is 1. The van der Waals surface area contributed by atoms with E-state index in [9.17, 15) is 13.6 Å². The number of nitrogens with zero attached hydrogens (tertiary/aromatic N) is 1. The lowest BCUT2D eigenvalue weighted by Gasteiger charge is -2.12. The van der Waals surface area contributed by atoms with Gasteiger partial charge in [-0.2, -0.15) is 8.78 Å². The standard InChI is InChI=1S/C21H21F2N3O4/c1-13-3-5-14(6-4-13)19-25-16(12-29-19)9-10-24-21(27)26-15-7-8-17(28-2)18(11-15)30-20(22)23/h3-8,11-12,20H,9-10H2,1-2H3,(H2,24,26,27). The Labute approximate surface area is 172 Å². The summed E-state index contributed by atoms with van der Waals surface area (Å²) >= 11 is 0. The lowest BCUT2D eigenvalue weighted by atomic mass is 10.1. The summed E-state index contributed by atoms with van der Waals surface area (Å²) in [5, 5.41) is 5.23. The van der Waals surface area contributed by atoms with Gasteiger partial charge in [0.05, 0.1) is 12.8 Å². The fourth-order valence-electron chi connectivity index (χ4n) is 2.67. The predicted octanol–water partition coefficient (Wildman–Crippen LogP) is 4.62. The number of hydrogen-bond donors (Lipinski definition) is 2. The second-order valence-corrected chi connectivity index (χ2v) is 6.39. The smallest absolute Gasteiger partial charge is 0.387 e. The SMILES string of the molecule is COc1ccc(NC(=O)NCCc2coc(-c3ccc(C)cc3)n2)cc1OC(F)F. The summed E-state index contributed by atoms with van der Waals surface area (Å²) in [5.41, 5.74) is 3.00. The van der Waals surface area contributed by atoms with Gasteiger partial charge in [-0.05, 0) is 31.2 Å². The average molecular weight is 417 g/mol. The van der Waals surface area contributed by atoms with Gasteiger partial charge >= 0.3 is 12.6 Å². The number of nitrogens with one attached hydrogen (secondary N) is 2. The fraction of sp³-hybridized carbons (Fsp3) is 0.238. The van der Waals surface area contributed by atoms with Crippen molar-refractivity contribution in [2.75, 3.05) is 19.0 Å². The highest BCUT2D eigenvalue weighted by Gasteiger charge is 2.13. The third-order valence-corrected chi connectivity index (χ3v) is 4.15. The number of alkyl halides is 2. The Morgan fingerprint density at radius 3 is 2.63 bits per heavy atom. The van der Waals surface area contributed by atoms with Crippen molar-refractivity contribution in [2.45, 2.75) is 20.0 Å². The number of benzene rings is 2. The van der Waals surface area contributed by atoms with Crippen LogP contribution in [0.4, 0.5) is 19.3 Å². The highest BCUT2D eigenvalue weighted by molar-refractivity contribution is 5.89. The predicted molar refractivity (Wildman–Crippen MR) is 107 cm³/mol. The summed E-state index contributed by atoms with van der Waals surface area (Å²) < 4.78 is 39.8. The van der Waals surface area contributed by atoms with E-state index in [1.165, 1.54) is 25.3 Å². The maximum atomic E-state index is 12.5. The van der Waals surface area contributed by atoms with Crippen molar-refractivity contribution < 1.29 is 27.5 Å². The molecular weight excluding hydrogens is 396 g/mol. The number of methoxy groups -OCH3 is 1. The number of carbonyl (C=O) groups is 1. The van der Waals surface area contributed by atoms with Crippen molar-refractivity contribution in [2.24, 2.45) is 0 Å². The molecule has 0 atom stereocenters. The zero-order valence-electron chi connectivity index (χ0n) is 16.4. The first-order valence-corrected chi connectivity index (χ1v) is 9.13. The average Bonchev–Trinajstić information content (AvgIpc) is 3.17. The van der Waals surface area contributed by atoms with E-state index >= 15 is 0 Å². The topological polar surface area (TPSA) is 85.6 Å². The highest BCUT2D eigenvalue weighted by Crippen LogP contribution is 2.31. The number of oxazole rings is 1. The summed E-state index contributed by atoms with van der Waals surface area (Å²) in [7, 11) is 1.33. The van der Waals surface area contributed by atoms with Crippen LogP contribution in [0.3, 0.4) is 0 Å². The van der Waals surface area contributed by atoms with Gasteiger partial charge in [0.2, 0.25) is 5.89 Å². The van der Waals surface area contributed by atoms with Crippen LogP contribution in [0.2, 0.25) is 0 Å². The Hall–Kier alpha value is -3.62. The molecule has 7 nitrogen and oxygen atoms in total. The number of anilines is 1. The third kappa shape index (κ3) is 5.69. The van der Waals surface area contributed by atoms with Gasteiger partial charge in [0, 0.05) is 30.3 Å². The quantitative estimate of drug-likeness (QED) is 0.558. The molecular formula is C21H21F2N3O4. The number of rotatable bonds is 8. The van der Waals surface area contributed by atoms with Crippen molar-refractivity contribution in [3.63, 3.8) is 0 Å². The van der Waals surface area contributed by atoms with Crippen LogP contribution in [0, 0.1) is 6.92 Å². The molecule has 0 saturated heterocycles. The maximum Gasteiger partial charge on any atom is 0.387 e. The van der Waals surface area contributed by atoms with Gasteiger partial charge in [-0.3, -0.25) is 0 Å². The van der Waals surface area contributed by atoms with Gasteiger partial charge in [0.1, 0.15) is 6.26 Å². The normalized spacial score (nSPS) is 10.7. The lowest BCUT2D eigenvalue weighted by Crippen LogP contribution is -2.30. The Bertz CT molecular complexity index is 990. The van der Waals surface area contributed by atoms with Gasteiger partial charge in [-0.25, -0.2) is 9.78 Å². The summed E-state index contributed by atoms with van der Waals surface area (Å²) in [6.45, 7) is -0.697. The molecule has 9 heteroatoms. The number of amides is 2. The second kappa shape index (κ2) is 9.73. The summed E-state index contributed by atoms with van der Waals surface area (Å²) in [6, 6.07) is 11.5. The van der Waals surface area contributed by atoms with E-state index in [0.29, 0.717) is 24.6 Å². The number of aryl methyl sites for hydroxylation is 1. The molecule has 0 aliphatic rings. The van der Waals surface area contributed by atoms with Gasteiger partial charge in [-0.15, -0.1) is 0 Å². The van der Waals surface area contributed by atoms with E-state index in [2.05, 4.69) is 20.4 Å². The fourth-order valence-corrected chi connectivity index (χ4v) is 2.67. The van der Waals surface area contributed by atoms with E-state index in [0.717, 1.165) is 11.1 Å². The lowest BCUT2D eigenvalue weighted by molar-refractivity contribution is -0.0511. The van der Waals surface area contributed by atoms with E-state index in [-0.39, 0.29) is 17.2 Å². The van der Waals surface area contributed by atoms with Gasteiger partial charge in [-0.1, -0.05) is 17.7 Å². The summed E-state index contributed by atoms with van der Waals surface area (Å²) in [6.07, 6.45) is 2.01. The molecule has 0 saturated carbocycles. The molecule has 30 heavy (non-hydrogen) atoms. The molecule has 0 unspecified atom stereocenters. The van der Waals surface area contributed by atoms with Crippen LogP contribution in [0.5, 0.6) is 11.5 Å². The molecule has 2 aromatic carbocycles. The zero-order valence-corrected chi connectivity index (χ0v) is 16.4. The Kier molecular flexibility index (Phi) is 6.84. The van der Waals surface area contributed by atoms with Crippen LogP contribution >= 0.6 is 0 Å². The number of ether oxygens (including phenoxy) is 2. The highest BCUT2D eigenvalue weighted by atomic mass is 19.3. The minimum absolute atomic E-state index is 0.136. The van der Waals surface area contributed by atoms with E-state index in [1.54, 1.807) is 6.26 Å². The first kappa shape index (κ1) is 21.1. The number of halogens is 2. The molecule has 0 fully saturated rings. The van der Waals surface area contributed by atoms with Crippen molar-refractivity contribution in [1.29, 1.82) is 0 Å². The molecule has 1 aromatic heterocycles. The van der Waals surface area contributed by atoms with Gasteiger partial charge in [0.15, 0.2) is 11.5 Å². The second-order valence-electron chi connectivity index (χ2n) is 6.39. The molecule has 0 spiro atoms. The van der Waals surface area contributed by atoms with E-state index < -0.39 is 12.6 Å². The van der Waals surface area contributed by atoms with Crippen LogP contribution in [-0.2, 0) is 6.42 Å². The third-order valence-electron chi connectivity index (χ3n) is 4.15. The number of hydrogen-bond acceptors (Lipinski definition) is 5. The maximum absolute atomic E-state index is 12.5. The molecule has 3 rings (SSSR count). The minimum Gasteiger partial charge on any atom is -0.493 e. The Morgan fingerprint density at radius 2 is 1.93 bits per heavy atom. The molecule has 158 valence electrons. The van der Waals surface area contributed by atoms with Gasteiger partial charge < -0.3 is 24.5 Å². The largest absolute Gasteiger partial charge is 0.493 e. The van der Waals surface area contributed by atoms with Crippen LogP contribution < -0.4 is 20.1 Å². The monoisotopic (exact) mass is 417 g/mol.